The van der Waals surface area contributed by atoms with Crippen molar-refractivity contribution in [1.29, 1.82) is 5.26 Å². The fourth-order valence-electron chi connectivity index (χ4n) is 2.16. The number of amides is 1. The van der Waals surface area contributed by atoms with E-state index in [-0.39, 0.29) is 5.57 Å². The van der Waals surface area contributed by atoms with Crippen LogP contribution in [0.5, 0.6) is 0 Å². The normalized spacial score (nSPS) is 16.2. The van der Waals surface area contributed by atoms with E-state index in [1.807, 2.05) is 15.9 Å². The molecule has 2 heterocycles. The van der Waals surface area contributed by atoms with Crippen LogP contribution in [0.2, 0.25) is 0 Å². The van der Waals surface area contributed by atoms with Gasteiger partial charge in [0.25, 0.3) is 5.91 Å². The second-order valence-corrected chi connectivity index (χ2v) is 5.26. The molecule has 1 unspecified atom stereocenters. The Kier molecular flexibility index (Phi) is 5.68. The van der Waals surface area contributed by atoms with Gasteiger partial charge < -0.3 is 20.2 Å². The number of nitrogens with one attached hydrogen (secondary N) is 1. The van der Waals surface area contributed by atoms with Crippen molar-refractivity contribution in [2.45, 2.75) is 13.0 Å². The first-order valence-electron chi connectivity index (χ1n) is 7.43. The van der Waals surface area contributed by atoms with Crippen molar-refractivity contribution in [1.82, 2.24) is 20.2 Å². The summed E-state index contributed by atoms with van der Waals surface area (Å²) < 4.78 is 0. The van der Waals surface area contributed by atoms with E-state index in [2.05, 4.69) is 15.3 Å². The Bertz CT molecular complexity index is 662. The summed E-state index contributed by atoms with van der Waals surface area (Å²) in [6.45, 7) is 3.86. The number of piperazine rings is 1. The third-order valence-electron chi connectivity index (χ3n) is 3.54. The average molecular weight is 330 g/mol. The van der Waals surface area contributed by atoms with Gasteiger partial charge in [0.05, 0.1) is 0 Å². The summed E-state index contributed by atoms with van der Waals surface area (Å²) in [4.78, 5) is 34.9. The maximum atomic E-state index is 11.9. The van der Waals surface area contributed by atoms with E-state index in [1.165, 1.54) is 13.1 Å². The van der Waals surface area contributed by atoms with Crippen LogP contribution in [-0.2, 0) is 9.59 Å². The maximum Gasteiger partial charge on any atom is 0.325 e. The summed E-state index contributed by atoms with van der Waals surface area (Å²) >= 11 is 0. The fourth-order valence-corrected chi connectivity index (χ4v) is 2.16. The molecule has 9 nitrogen and oxygen atoms in total. The molecule has 0 spiro atoms. The molecular weight excluding hydrogens is 312 g/mol. The minimum absolute atomic E-state index is 0.118. The van der Waals surface area contributed by atoms with Crippen molar-refractivity contribution in [2.75, 3.05) is 31.1 Å². The molecule has 1 aliphatic rings. The van der Waals surface area contributed by atoms with Gasteiger partial charge in [-0.2, -0.15) is 5.26 Å². The Morgan fingerprint density at radius 2 is 1.96 bits per heavy atom. The maximum absolute atomic E-state index is 11.9. The highest BCUT2D eigenvalue weighted by molar-refractivity contribution is 5.99. The van der Waals surface area contributed by atoms with E-state index in [0.717, 1.165) is 0 Å². The Hall–Kier alpha value is -3.15. The molecule has 9 heteroatoms. The molecule has 1 amide bonds. The molecule has 0 aromatic carbocycles. The van der Waals surface area contributed by atoms with Crippen LogP contribution in [0.15, 0.2) is 30.2 Å². The summed E-state index contributed by atoms with van der Waals surface area (Å²) in [5, 5.41) is 20.2. The number of carboxylic acids is 1. The molecule has 1 aromatic heterocycles. The standard InChI is InChI=1S/C15H18N6O3/c1-11(14(23)24)19-13(22)12(9-16)10-20-5-7-21(8-6-20)15-17-3-2-4-18-15/h2-4,10-11H,5-8H2,1H3,(H,19,22)(H,23,24)/b12-10-. The van der Waals surface area contributed by atoms with Gasteiger partial charge >= 0.3 is 5.97 Å². The molecule has 1 aliphatic heterocycles. The largest absolute Gasteiger partial charge is 0.480 e. The minimum atomic E-state index is -1.16. The summed E-state index contributed by atoms with van der Waals surface area (Å²) in [6.07, 6.45) is 4.82. The lowest BCUT2D eigenvalue weighted by atomic mass is 10.2. The highest BCUT2D eigenvalue weighted by atomic mass is 16.4. The predicted molar refractivity (Wildman–Crippen MR) is 84.8 cm³/mol. The molecule has 2 rings (SSSR count). The number of carbonyl (C=O) groups excluding carboxylic acids is 1. The molecule has 0 bridgehead atoms. The number of hydrogen-bond donors (Lipinski definition) is 2. The minimum Gasteiger partial charge on any atom is -0.480 e. The summed E-state index contributed by atoms with van der Waals surface area (Å²) in [5.41, 5.74) is -0.118. The van der Waals surface area contributed by atoms with Gasteiger partial charge in [0.1, 0.15) is 17.7 Å². The number of hydrogen-bond acceptors (Lipinski definition) is 7. The molecular formula is C15H18N6O3. The van der Waals surface area contributed by atoms with Gasteiger partial charge in [0.2, 0.25) is 5.95 Å². The summed E-state index contributed by atoms with van der Waals surface area (Å²) in [6, 6.07) is 2.51. The van der Waals surface area contributed by atoms with E-state index in [0.29, 0.717) is 32.1 Å². The monoisotopic (exact) mass is 330 g/mol. The van der Waals surface area contributed by atoms with Crippen molar-refractivity contribution in [2.24, 2.45) is 0 Å². The topological polar surface area (TPSA) is 122 Å². The molecule has 1 fully saturated rings. The van der Waals surface area contributed by atoms with Crippen LogP contribution in [-0.4, -0.2) is 64.1 Å². The number of aromatic nitrogens is 2. The quantitative estimate of drug-likeness (QED) is 0.552. The lowest BCUT2D eigenvalue weighted by Crippen LogP contribution is -2.45. The van der Waals surface area contributed by atoms with E-state index in [4.69, 9.17) is 10.4 Å². The Balaban J connectivity index is 1.95. The number of carbonyl (C=O) groups is 2. The Labute approximate surface area is 139 Å². The zero-order chi connectivity index (χ0) is 17.5. The Morgan fingerprint density at radius 3 is 2.50 bits per heavy atom. The molecule has 126 valence electrons. The number of nitriles is 1. The summed E-state index contributed by atoms with van der Waals surface area (Å²) in [5.74, 6) is -1.20. The predicted octanol–water partition coefficient (Wildman–Crippen LogP) is -0.405. The van der Waals surface area contributed by atoms with Gasteiger partial charge in [-0.3, -0.25) is 9.59 Å². The molecule has 2 N–H and O–H groups in total. The van der Waals surface area contributed by atoms with Crippen molar-refractivity contribution in [3.8, 4) is 6.07 Å². The van der Waals surface area contributed by atoms with E-state index in [1.54, 1.807) is 18.5 Å². The first-order valence-corrected chi connectivity index (χ1v) is 7.43. The highest BCUT2D eigenvalue weighted by Gasteiger charge is 2.20. The summed E-state index contributed by atoms with van der Waals surface area (Å²) in [7, 11) is 0. The number of nitrogens with zero attached hydrogens (tertiary/aromatic N) is 5. The van der Waals surface area contributed by atoms with Crippen molar-refractivity contribution in [3.05, 3.63) is 30.2 Å². The van der Waals surface area contributed by atoms with Crippen LogP contribution in [0.1, 0.15) is 6.92 Å². The van der Waals surface area contributed by atoms with Crippen molar-refractivity contribution in [3.63, 3.8) is 0 Å². The van der Waals surface area contributed by atoms with Crippen LogP contribution >= 0.6 is 0 Å². The lowest BCUT2D eigenvalue weighted by molar-refractivity contribution is -0.140. The molecule has 1 saturated heterocycles. The van der Waals surface area contributed by atoms with Gasteiger partial charge in [-0.25, -0.2) is 9.97 Å². The van der Waals surface area contributed by atoms with E-state index < -0.39 is 17.9 Å². The number of anilines is 1. The van der Waals surface area contributed by atoms with Crippen molar-refractivity contribution < 1.29 is 14.7 Å². The Morgan fingerprint density at radius 1 is 1.33 bits per heavy atom. The second-order valence-electron chi connectivity index (χ2n) is 5.26. The smallest absolute Gasteiger partial charge is 0.325 e. The van der Waals surface area contributed by atoms with E-state index in [9.17, 15) is 9.59 Å². The molecule has 1 atom stereocenters. The molecule has 24 heavy (non-hydrogen) atoms. The van der Waals surface area contributed by atoms with Gasteiger partial charge in [-0.15, -0.1) is 0 Å². The van der Waals surface area contributed by atoms with Crippen LogP contribution < -0.4 is 10.2 Å². The second kappa shape index (κ2) is 7.92. The van der Waals surface area contributed by atoms with Gasteiger partial charge in [0.15, 0.2) is 0 Å². The van der Waals surface area contributed by atoms with Crippen molar-refractivity contribution >= 4 is 17.8 Å². The third-order valence-corrected chi connectivity index (χ3v) is 3.54. The molecule has 0 saturated carbocycles. The molecule has 0 radical (unpaired) electrons. The van der Waals surface area contributed by atoms with Gasteiger partial charge in [-0.1, -0.05) is 0 Å². The fraction of sp³-hybridized carbons (Fsp3) is 0.400. The average Bonchev–Trinajstić information content (AvgIpc) is 2.60. The van der Waals surface area contributed by atoms with E-state index >= 15 is 0 Å². The lowest BCUT2D eigenvalue weighted by Gasteiger charge is -2.34. The first-order chi connectivity index (χ1) is 11.5. The highest BCUT2D eigenvalue weighted by Crippen LogP contribution is 2.11. The van der Waals surface area contributed by atoms with Crippen LogP contribution in [0.3, 0.4) is 0 Å². The molecule has 1 aromatic rings. The zero-order valence-electron chi connectivity index (χ0n) is 13.2. The zero-order valence-corrected chi connectivity index (χ0v) is 13.2. The first kappa shape index (κ1) is 17.2. The number of rotatable bonds is 5. The number of carboxylic acid groups (broad SMARTS) is 1. The van der Waals surface area contributed by atoms with Crippen LogP contribution in [0, 0.1) is 11.3 Å². The van der Waals surface area contributed by atoms with Gasteiger partial charge in [0, 0.05) is 44.8 Å². The van der Waals surface area contributed by atoms with Crippen LogP contribution in [0.25, 0.3) is 0 Å². The molecule has 0 aliphatic carbocycles. The van der Waals surface area contributed by atoms with Crippen LogP contribution in [0.4, 0.5) is 5.95 Å². The SMILES string of the molecule is CC(NC(=O)/C(C#N)=C\N1CCN(c2ncccn2)CC1)C(=O)O. The van der Waals surface area contributed by atoms with Gasteiger partial charge in [-0.05, 0) is 13.0 Å². The number of aliphatic carboxylic acids is 1. The third kappa shape index (κ3) is 4.42.